The summed E-state index contributed by atoms with van der Waals surface area (Å²) >= 11 is 1.32. The van der Waals surface area contributed by atoms with Crippen LogP contribution in [-0.2, 0) is 16.0 Å². The van der Waals surface area contributed by atoms with Crippen LogP contribution in [0.5, 0.6) is 11.5 Å². The van der Waals surface area contributed by atoms with E-state index in [0.29, 0.717) is 16.2 Å². The fourth-order valence-electron chi connectivity index (χ4n) is 3.35. The van der Waals surface area contributed by atoms with Crippen molar-refractivity contribution < 1.29 is 19.4 Å². The van der Waals surface area contributed by atoms with E-state index in [2.05, 4.69) is 5.43 Å². The second kappa shape index (κ2) is 9.62. The van der Waals surface area contributed by atoms with E-state index >= 15 is 0 Å². The zero-order valence-corrected chi connectivity index (χ0v) is 18.2. The van der Waals surface area contributed by atoms with Crippen LogP contribution in [-0.4, -0.2) is 29.0 Å². The van der Waals surface area contributed by atoms with Crippen molar-refractivity contribution in [1.82, 2.24) is 10.4 Å². The Morgan fingerprint density at radius 1 is 1.06 bits per heavy atom. The van der Waals surface area contributed by atoms with Crippen molar-refractivity contribution in [2.75, 3.05) is 7.11 Å². The van der Waals surface area contributed by atoms with Gasteiger partial charge in [0.15, 0.2) is 0 Å². The van der Waals surface area contributed by atoms with Crippen molar-refractivity contribution in [3.05, 3.63) is 100 Å². The van der Waals surface area contributed by atoms with Gasteiger partial charge in [0.05, 0.1) is 18.4 Å². The van der Waals surface area contributed by atoms with Gasteiger partial charge in [-0.15, -0.1) is 0 Å². The van der Waals surface area contributed by atoms with Crippen LogP contribution < -0.4 is 10.2 Å². The Hall–Kier alpha value is -3.71. The minimum atomic E-state index is -0.453. The normalized spacial score (nSPS) is 16.9. The number of para-hydroxylation sites is 1. The molecule has 4 rings (SSSR count). The first-order valence-electron chi connectivity index (χ1n) is 10.0. The van der Waals surface area contributed by atoms with Gasteiger partial charge in [0.1, 0.15) is 16.9 Å². The summed E-state index contributed by atoms with van der Waals surface area (Å²) in [6, 6.07) is 23.5. The van der Waals surface area contributed by atoms with Gasteiger partial charge in [0, 0.05) is 5.56 Å². The van der Waals surface area contributed by atoms with E-state index in [-0.39, 0.29) is 24.0 Å². The fourth-order valence-corrected chi connectivity index (χ4v) is 4.53. The summed E-state index contributed by atoms with van der Waals surface area (Å²) in [6.07, 6.45) is 1.80. The van der Waals surface area contributed by atoms with Gasteiger partial charge in [-0.3, -0.25) is 15.0 Å². The summed E-state index contributed by atoms with van der Waals surface area (Å²) in [7, 11) is 1.59. The Morgan fingerprint density at radius 3 is 2.44 bits per heavy atom. The summed E-state index contributed by atoms with van der Waals surface area (Å²) < 4.78 is 5.23. The first kappa shape index (κ1) is 21.5. The second-order valence-corrected chi connectivity index (χ2v) is 8.31. The molecule has 7 heteroatoms. The van der Waals surface area contributed by atoms with Crippen molar-refractivity contribution in [3.8, 4) is 11.5 Å². The molecule has 3 aromatic rings. The highest BCUT2D eigenvalue weighted by atomic mass is 32.2. The van der Waals surface area contributed by atoms with Crippen LogP contribution in [0.3, 0.4) is 0 Å². The zero-order valence-electron chi connectivity index (χ0n) is 17.4. The highest BCUT2D eigenvalue weighted by molar-refractivity contribution is 8.04. The summed E-state index contributed by atoms with van der Waals surface area (Å²) in [5, 5.41) is 11.0. The number of carbonyl (C=O) groups is 2. The topological polar surface area (TPSA) is 78.9 Å². The van der Waals surface area contributed by atoms with E-state index in [9.17, 15) is 14.7 Å². The minimum absolute atomic E-state index is 0.0842. The number of methoxy groups -OCH3 is 1. The van der Waals surface area contributed by atoms with Crippen LogP contribution in [0.2, 0.25) is 0 Å². The molecule has 0 spiro atoms. The Balaban J connectivity index is 1.62. The van der Waals surface area contributed by atoms with Crippen LogP contribution in [0, 0.1) is 0 Å². The van der Waals surface area contributed by atoms with Gasteiger partial charge in [-0.05, 0) is 35.4 Å². The molecule has 1 atom stereocenters. The largest absolute Gasteiger partial charge is 0.507 e. The number of carbonyl (C=O) groups excluding carboxylic acids is 2. The molecule has 2 amide bonds. The predicted molar refractivity (Wildman–Crippen MR) is 125 cm³/mol. The first-order valence-corrected chi connectivity index (χ1v) is 10.9. The number of thioether (sulfide) groups is 1. The van der Waals surface area contributed by atoms with Crippen molar-refractivity contribution in [3.63, 3.8) is 0 Å². The van der Waals surface area contributed by atoms with Crippen LogP contribution in [0.25, 0.3) is 6.08 Å². The Kier molecular flexibility index (Phi) is 6.47. The third-order valence-corrected chi connectivity index (χ3v) is 6.23. The Bertz CT molecular complexity index is 1150. The maximum atomic E-state index is 13.2. The molecule has 2 N–H and O–H groups in total. The van der Waals surface area contributed by atoms with Crippen LogP contribution in [0.4, 0.5) is 0 Å². The van der Waals surface area contributed by atoms with Crippen molar-refractivity contribution in [2.24, 2.45) is 0 Å². The maximum Gasteiger partial charge on any atom is 0.280 e. The lowest BCUT2D eigenvalue weighted by molar-refractivity contribution is -0.137. The number of phenolic OH excluding ortho intramolecular Hbond substituents is 1. The van der Waals surface area contributed by atoms with E-state index in [1.165, 1.54) is 16.8 Å². The summed E-state index contributed by atoms with van der Waals surface area (Å²) in [4.78, 5) is 26.4. The molecular formula is C25H22N2O4S. The van der Waals surface area contributed by atoms with Gasteiger partial charge in [-0.25, -0.2) is 5.01 Å². The van der Waals surface area contributed by atoms with Gasteiger partial charge in [-0.2, -0.15) is 0 Å². The molecule has 1 saturated heterocycles. The van der Waals surface area contributed by atoms with Crippen LogP contribution >= 0.6 is 11.8 Å². The van der Waals surface area contributed by atoms with Gasteiger partial charge in [-0.1, -0.05) is 72.4 Å². The number of ether oxygens (including phenoxy) is 1. The number of benzene rings is 3. The molecule has 1 fully saturated rings. The fraction of sp³-hybridized carbons (Fsp3) is 0.120. The third-order valence-electron chi connectivity index (χ3n) is 4.98. The molecular weight excluding hydrogens is 424 g/mol. The average molecular weight is 447 g/mol. The van der Waals surface area contributed by atoms with E-state index in [1.54, 1.807) is 37.5 Å². The molecule has 1 aliphatic heterocycles. The molecule has 0 radical (unpaired) electrons. The lowest BCUT2D eigenvalue weighted by Crippen LogP contribution is -2.44. The van der Waals surface area contributed by atoms with E-state index < -0.39 is 5.37 Å². The standard InChI is InChI=1S/C25H22N2O4S/c1-31-20-13-11-18(12-14-20)25-27(26-23(29)15-17-7-3-2-4-8-17)24(30)22(32-25)16-19-9-5-6-10-21(19)28/h2-14,16,25,28H,15H2,1H3,(H,26,29)/b22-16+/t25-/m1/s1. The first-order chi connectivity index (χ1) is 15.5. The van der Waals surface area contributed by atoms with Crippen molar-refractivity contribution >= 4 is 29.7 Å². The number of hydrogen-bond acceptors (Lipinski definition) is 5. The highest BCUT2D eigenvalue weighted by Crippen LogP contribution is 2.45. The van der Waals surface area contributed by atoms with Gasteiger partial charge in [0.2, 0.25) is 5.91 Å². The molecule has 3 aromatic carbocycles. The summed E-state index contributed by atoms with van der Waals surface area (Å²) in [5.74, 6) is 0.168. The maximum absolute atomic E-state index is 13.2. The number of nitrogens with zero attached hydrogens (tertiary/aromatic N) is 1. The van der Waals surface area contributed by atoms with E-state index in [0.717, 1.165) is 11.1 Å². The second-order valence-electron chi connectivity index (χ2n) is 7.18. The van der Waals surface area contributed by atoms with Crippen molar-refractivity contribution in [2.45, 2.75) is 11.8 Å². The molecule has 0 saturated carbocycles. The predicted octanol–water partition coefficient (Wildman–Crippen LogP) is 4.29. The van der Waals surface area contributed by atoms with Gasteiger partial charge < -0.3 is 9.84 Å². The quantitative estimate of drug-likeness (QED) is 0.553. The zero-order chi connectivity index (χ0) is 22.5. The number of hydrazine groups is 1. The van der Waals surface area contributed by atoms with E-state index in [1.807, 2.05) is 54.6 Å². The highest BCUT2D eigenvalue weighted by Gasteiger charge is 2.38. The summed E-state index contributed by atoms with van der Waals surface area (Å²) in [5.41, 5.74) is 5.01. The Morgan fingerprint density at radius 2 is 1.75 bits per heavy atom. The lowest BCUT2D eigenvalue weighted by Gasteiger charge is -2.24. The molecule has 162 valence electrons. The average Bonchev–Trinajstić information content (AvgIpc) is 3.11. The smallest absolute Gasteiger partial charge is 0.280 e. The number of amides is 2. The van der Waals surface area contributed by atoms with Gasteiger partial charge >= 0.3 is 0 Å². The number of rotatable bonds is 6. The molecule has 32 heavy (non-hydrogen) atoms. The molecule has 1 aliphatic rings. The van der Waals surface area contributed by atoms with Gasteiger partial charge in [0.25, 0.3) is 5.91 Å². The molecule has 6 nitrogen and oxygen atoms in total. The lowest BCUT2D eigenvalue weighted by atomic mass is 10.1. The third kappa shape index (κ3) is 4.78. The monoisotopic (exact) mass is 446 g/mol. The molecule has 1 heterocycles. The number of phenols is 1. The Labute approximate surface area is 190 Å². The molecule has 0 aliphatic carbocycles. The molecule has 0 bridgehead atoms. The number of nitrogens with one attached hydrogen (secondary N) is 1. The molecule has 0 unspecified atom stereocenters. The van der Waals surface area contributed by atoms with E-state index in [4.69, 9.17) is 4.74 Å². The minimum Gasteiger partial charge on any atom is -0.507 e. The number of aromatic hydroxyl groups is 1. The SMILES string of the molecule is COc1ccc([C@H]2S/C(=C/c3ccccc3O)C(=O)N2NC(=O)Cc2ccccc2)cc1. The van der Waals surface area contributed by atoms with Crippen LogP contribution in [0.1, 0.15) is 22.1 Å². The van der Waals surface area contributed by atoms with Crippen molar-refractivity contribution in [1.29, 1.82) is 0 Å². The van der Waals surface area contributed by atoms with Crippen LogP contribution in [0.15, 0.2) is 83.8 Å². The molecule has 0 aromatic heterocycles. The number of hydrogen-bond donors (Lipinski definition) is 2. The summed E-state index contributed by atoms with van der Waals surface area (Å²) in [6.45, 7) is 0.